The van der Waals surface area contributed by atoms with Crippen LogP contribution in [0.15, 0.2) is 60.0 Å². The molecule has 1 heterocycles. The molecule has 1 aromatic heterocycles. The van der Waals surface area contributed by atoms with Gasteiger partial charge in [-0.15, -0.1) is 10.2 Å². The summed E-state index contributed by atoms with van der Waals surface area (Å²) in [5.74, 6) is -1.18. The smallest absolute Gasteiger partial charge is 0.435 e. The normalized spacial score (nSPS) is 11.7. The second kappa shape index (κ2) is 9.26. The van der Waals surface area contributed by atoms with Gasteiger partial charge in [0, 0.05) is 11.9 Å². The van der Waals surface area contributed by atoms with Gasteiger partial charge in [-0.3, -0.25) is 4.79 Å². The van der Waals surface area contributed by atoms with Crippen molar-refractivity contribution >= 4 is 27.0 Å². The Hall–Kier alpha value is -3.73. The molecule has 0 fully saturated rings. The molecule has 1 amide bonds. The highest BCUT2D eigenvalue weighted by Crippen LogP contribution is 2.33. The zero-order chi connectivity index (χ0) is 25.3. The number of hydrogen-bond acceptors (Lipinski definition) is 6. The zero-order valence-corrected chi connectivity index (χ0v) is 19.2. The molecule has 11 heteroatoms. The van der Waals surface area contributed by atoms with Crippen molar-refractivity contribution in [1.82, 2.24) is 10.2 Å². The van der Waals surface area contributed by atoms with Crippen LogP contribution >= 0.6 is 0 Å². The van der Waals surface area contributed by atoms with E-state index in [4.69, 9.17) is 4.74 Å². The van der Waals surface area contributed by atoms with Gasteiger partial charge in [0.25, 0.3) is 11.8 Å². The number of alkyl halides is 3. The fraction of sp³-hybridized carbons (Fsp3) is 0.174. The number of aromatic nitrogens is 2. The van der Waals surface area contributed by atoms with Crippen molar-refractivity contribution in [3.05, 3.63) is 77.5 Å². The Morgan fingerprint density at radius 3 is 2.38 bits per heavy atom. The highest BCUT2D eigenvalue weighted by molar-refractivity contribution is 7.90. The van der Waals surface area contributed by atoms with Gasteiger partial charge in [-0.05, 0) is 61.4 Å². The summed E-state index contributed by atoms with van der Waals surface area (Å²) >= 11 is 0. The molecule has 1 N–H and O–H groups in total. The Balaban J connectivity index is 2.01. The number of nitrogens with one attached hydrogen (secondary N) is 1. The maximum atomic E-state index is 13.2. The maximum Gasteiger partial charge on any atom is 0.435 e. The number of anilines is 1. The van der Waals surface area contributed by atoms with Crippen LogP contribution in [0.2, 0.25) is 0 Å². The lowest BCUT2D eigenvalue weighted by atomic mass is 10.1. The number of benzene rings is 2. The summed E-state index contributed by atoms with van der Waals surface area (Å²) in [7, 11) is -3.57. The highest BCUT2D eigenvalue weighted by atomic mass is 32.2. The minimum absolute atomic E-state index is 0.0613. The van der Waals surface area contributed by atoms with Crippen LogP contribution < -0.4 is 10.1 Å². The van der Waals surface area contributed by atoms with Crippen molar-refractivity contribution in [2.45, 2.75) is 24.9 Å². The first kappa shape index (κ1) is 24.9. The van der Waals surface area contributed by atoms with Crippen molar-refractivity contribution in [2.75, 3.05) is 11.6 Å². The van der Waals surface area contributed by atoms with Crippen LogP contribution in [0.5, 0.6) is 11.6 Å². The number of sulfone groups is 1. The fourth-order valence-corrected chi connectivity index (χ4v) is 3.56. The van der Waals surface area contributed by atoms with Gasteiger partial charge in [-0.25, -0.2) is 8.42 Å². The Labute approximate surface area is 194 Å². The number of carbonyl (C=O) groups is 1. The Morgan fingerprint density at radius 1 is 1.09 bits per heavy atom. The number of rotatable bonds is 6. The fourth-order valence-electron chi connectivity index (χ4n) is 2.89. The largest absolute Gasteiger partial charge is 0.437 e. The third-order valence-electron chi connectivity index (χ3n) is 4.69. The molecular formula is C23H20F3N3O4S. The van der Waals surface area contributed by atoms with E-state index < -0.39 is 39.1 Å². The SMILES string of the molecule is C=C(C)c1ccc(Oc2nnc(C(F)(F)F)cc2C(=O)Nc2cccc(S(C)(=O)=O)c2)c(C)c1. The standard InChI is InChI=1S/C23H20F3N3O4S/c1-13(2)15-8-9-19(14(3)10-15)33-22-18(12-20(28-29-22)23(24,25)26)21(30)27-16-6-5-7-17(11-16)34(4,31)32/h5-12H,1H2,2-4H3,(H,27,30). The Morgan fingerprint density at radius 2 is 1.79 bits per heavy atom. The lowest BCUT2D eigenvalue weighted by Gasteiger charge is -2.14. The molecule has 3 rings (SSSR count). The molecule has 3 aromatic rings. The molecule has 0 radical (unpaired) electrons. The van der Waals surface area contributed by atoms with Crippen molar-refractivity contribution in [3.63, 3.8) is 0 Å². The Kier molecular flexibility index (Phi) is 6.78. The van der Waals surface area contributed by atoms with Gasteiger partial charge in [0.15, 0.2) is 15.5 Å². The summed E-state index contributed by atoms with van der Waals surface area (Å²) in [5.41, 5.74) is 0.424. The van der Waals surface area contributed by atoms with Crippen molar-refractivity contribution < 1.29 is 31.1 Å². The summed E-state index contributed by atoms with van der Waals surface area (Å²) < 4.78 is 68.9. The molecule has 0 unspecified atom stereocenters. The number of ether oxygens (including phenoxy) is 1. The van der Waals surface area contributed by atoms with Crippen LogP contribution in [0.25, 0.3) is 5.57 Å². The second-order valence-corrected chi connectivity index (χ2v) is 9.58. The number of halogens is 3. The highest BCUT2D eigenvalue weighted by Gasteiger charge is 2.35. The minimum Gasteiger partial charge on any atom is -0.437 e. The first-order chi connectivity index (χ1) is 15.8. The quantitative estimate of drug-likeness (QED) is 0.504. The van der Waals surface area contributed by atoms with E-state index in [1.807, 2.05) is 6.92 Å². The molecule has 178 valence electrons. The van der Waals surface area contributed by atoms with Crippen LogP contribution in [0.3, 0.4) is 0 Å². The van der Waals surface area contributed by atoms with E-state index in [9.17, 15) is 26.4 Å². The topological polar surface area (TPSA) is 98.2 Å². The third-order valence-corrected chi connectivity index (χ3v) is 5.80. The van der Waals surface area contributed by atoms with Crippen LogP contribution in [-0.4, -0.2) is 30.8 Å². The van der Waals surface area contributed by atoms with E-state index in [-0.39, 0.29) is 16.3 Å². The number of nitrogens with zero attached hydrogens (tertiary/aromatic N) is 2. The number of hydrogen-bond donors (Lipinski definition) is 1. The molecule has 34 heavy (non-hydrogen) atoms. The van der Waals surface area contributed by atoms with E-state index in [0.717, 1.165) is 17.4 Å². The maximum absolute atomic E-state index is 13.2. The predicted molar refractivity (Wildman–Crippen MR) is 120 cm³/mol. The number of carbonyl (C=O) groups excluding carboxylic acids is 1. The van der Waals surface area contributed by atoms with Crippen molar-refractivity contribution in [3.8, 4) is 11.6 Å². The van der Waals surface area contributed by atoms with Gasteiger partial charge in [-0.2, -0.15) is 13.2 Å². The van der Waals surface area contributed by atoms with Crippen LogP contribution in [0.1, 0.15) is 34.1 Å². The predicted octanol–water partition coefficient (Wildman–Crippen LogP) is 5.29. The molecular weight excluding hydrogens is 471 g/mol. The number of aryl methyl sites for hydroxylation is 1. The van der Waals surface area contributed by atoms with Crippen molar-refractivity contribution in [1.29, 1.82) is 0 Å². The molecule has 0 saturated carbocycles. The van der Waals surface area contributed by atoms with Gasteiger partial charge < -0.3 is 10.1 Å². The van der Waals surface area contributed by atoms with E-state index >= 15 is 0 Å². The minimum atomic E-state index is -4.85. The van der Waals surface area contributed by atoms with E-state index in [1.54, 1.807) is 25.1 Å². The molecule has 0 bridgehead atoms. The summed E-state index contributed by atoms with van der Waals surface area (Å²) in [5, 5.41) is 9.02. The number of amides is 1. The Bertz CT molecular complexity index is 1390. The summed E-state index contributed by atoms with van der Waals surface area (Å²) in [6, 6.07) is 10.9. The van der Waals surface area contributed by atoms with Gasteiger partial charge in [0.05, 0.1) is 4.90 Å². The first-order valence-electron chi connectivity index (χ1n) is 9.76. The van der Waals surface area contributed by atoms with Gasteiger partial charge >= 0.3 is 6.18 Å². The number of allylic oxidation sites excluding steroid dienone is 1. The molecule has 0 saturated heterocycles. The summed E-state index contributed by atoms with van der Waals surface area (Å²) in [6.45, 7) is 7.39. The summed E-state index contributed by atoms with van der Waals surface area (Å²) in [6.07, 6.45) is -3.86. The molecule has 0 aliphatic carbocycles. The molecule has 0 aliphatic rings. The van der Waals surface area contributed by atoms with E-state index in [0.29, 0.717) is 11.6 Å². The molecule has 0 atom stereocenters. The van der Waals surface area contributed by atoms with E-state index in [1.165, 1.54) is 24.3 Å². The van der Waals surface area contributed by atoms with Crippen LogP contribution in [0, 0.1) is 6.92 Å². The van der Waals surface area contributed by atoms with Crippen LogP contribution in [-0.2, 0) is 16.0 Å². The van der Waals surface area contributed by atoms with Crippen molar-refractivity contribution in [2.24, 2.45) is 0 Å². The lowest BCUT2D eigenvalue weighted by molar-refractivity contribution is -0.141. The lowest BCUT2D eigenvalue weighted by Crippen LogP contribution is -2.18. The molecule has 0 spiro atoms. The van der Waals surface area contributed by atoms with E-state index in [2.05, 4.69) is 22.1 Å². The van der Waals surface area contributed by atoms with Gasteiger partial charge in [-0.1, -0.05) is 24.3 Å². The zero-order valence-electron chi connectivity index (χ0n) is 18.4. The average Bonchev–Trinajstić information content (AvgIpc) is 2.74. The average molecular weight is 491 g/mol. The van der Waals surface area contributed by atoms with Crippen LogP contribution in [0.4, 0.5) is 18.9 Å². The first-order valence-corrected chi connectivity index (χ1v) is 11.7. The third kappa shape index (κ3) is 5.79. The summed E-state index contributed by atoms with van der Waals surface area (Å²) in [4.78, 5) is 12.8. The second-order valence-electron chi connectivity index (χ2n) is 7.56. The monoisotopic (exact) mass is 491 g/mol. The molecule has 7 nitrogen and oxygen atoms in total. The molecule has 0 aliphatic heterocycles. The van der Waals surface area contributed by atoms with Gasteiger partial charge in [0.2, 0.25) is 0 Å². The van der Waals surface area contributed by atoms with Gasteiger partial charge in [0.1, 0.15) is 11.3 Å². The molecule has 2 aromatic carbocycles.